The lowest BCUT2D eigenvalue weighted by Crippen LogP contribution is -2.20. The molecule has 0 atom stereocenters. The van der Waals surface area contributed by atoms with Crippen molar-refractivity contribution in [2.24, 2.45) is 5.84 Å². The number of anilines is 1. The van der Waals surface area contributed by atoms with Crippen molar-refractivity contribution in [1.82, 2.24) is 9.97 Å². The Hall–Kier alpha value is -0.810. The van der Waals surface area contributed by atoms with Crippen LogP contribution < -0.4 is 11.3 Å². The molecule has 3 N–H and O–H groups in total. The Morgan fingerprint density at radius 1 is 1.21 bits per heavy atom. The summed E-state index contributed by atoms with van der Waals surface area (Å²) in [6.07, 6.45) is 5.28. The normalized spacial score (nSPS) is 16.9. The molecule has 0 spiro atoms. The average molecular weight is 280 g/mol. The minimum Gasteiger partial charge on any atom is -0.308 e. The highest BCUT2D eigenvalue weighted by Crippen LogP contribution is 2.37. The van der Waals surface area contributed by atoms with E-state index in [1.54, 1.807) is 0 Å². The summed E-state index contributed by atoms with van der Waals surface area (Å²) in [4.78, 5) is 9.31. The molecule has 1 saturated carbocycles. The van der Waals surface area contributed by atoms with E-state index in [9.17, 15) is 0 Å². The summed E-state index contributed by atoms with van der Waals surface area (Å²) in [5.74, 6) is 7.19. The van der Waals surface area contributed by atoms with Crippen LogP contribution in [0.1, 0.15) is 57.8 Å². The van der Waals surface area contributed by atoms with Crippen molar-refractivity contribution in [3.05, 3.63) is 11.4 Å². The van der Waals surface area contributed by atoms with E-state index in [1.807, 2.05) is 18.7 Å². The van der Waals surface area contributed by atoms with E-state index in [0.717, 1.165) is 22.2 Å². The van der Waals surface area contributed by atoms with Crippen LogP contribution in [0.2, 0.25) is 0 Å². The first-order chi connectivity index (χ1) is 8.91. The number of thioether (sulfide) groups is 1. The first-order valence-corrected chi connectivity index (χ1v) is 7.82. The molecular formula is C14H24N4S. The van der Waals surface area contributed by atoms with E-state index in [2.05, 4.69) is 31.2 Å². The quantitative estimate of drug-likeness (QED) is 0.505. The average Bonchev–Trinajstić information content (AvgIpc) is 2.83. The summed E-state index contributed by atoms with van der Waals surface area (Å²) in [6.45, 7) is 8.42. The molecule has 1 aromatic heterocycles. The fourth-order valence-corrected chi connectivity index (χ4v) is 3.55. The molecule has 0 aliphatic heterocycles. The van der Waals surface area contributed by atoms with Gasteiger partial charge in [0.2, 0.25) is 0 Å². The van der Waals surface area contributed by atoms with E-state index in [4.69, 9.17) is 10.8 Å². The summed E-state index contributed by atoms with van der Waals surface area (Å²) in [5, 5.41) is 1.78. The highest BCUT2D eigenvalue weighted by atomic mass is 32.2. The Labute approximate surface area is 119 Å². The maximum atomic E-state index is 5.59. The Kier molecular flexibility index (Phi) is 4.36. The van der Waals surface area contributed by atoms with Gasteiger partial charge < -0.3 is 5.43 Å². The molecule has 1 aliphatic carbocycles. The first-order valence-electron chi connectivity index (χ1n) is 6.94. The lowest BCUT2D eigenvalue weighted by Gasteiger charge is -2.21. The van der Waals surface area contributed by atoms with Crippen molar-refractivity contribution in [3.8, 4) is 0 Å². The van der Waals surface area contributed by atoms with Crippen LogP contribution in [0.25, 0.3) is 0 Å². The third-order valence-electron chi connectivity index (χ3n) is 3.49. The Balaban J connectivity index is 2.34. The molecule has 0 amide bonds. The largest absolute Gasteiger partial charge is 0.308 e. The number of nitrogen functional groups attached to an aromatic ring is 1. The predicted octanol–water partition coefficient (Wildman–Crippen LogP) is 3.40. The minimum absolute atomic E-state index is 0.0652. The molecule has 4 nitrogen and oxygen atoms in total. The van der Waals surface area contributed by atoms with E-state index in [-0.39, 0.29) is 5.41 Å². The predicted molar refractivity (Wildman–Crippen MR) is 81.4 cm³/mol. The molecule has 106 valence electrons. The van der Waals surface area contributed by atoms with Crippen molar-refractivity contribution in [3.63, 3.8) is 0 Å². The second-order valence-corrected chi connectivity index (χ2v) is 7.53. The Bertz CT molecular complexity index is 447. The van der Waals surface area contributed by atoms with Crippen molar-refractivity contribution in [1.29, 1.82) is 0 Å². The van der Waals surface area contributed by atoms with Crippen LogP contribution in [-0.2, 0) is 5.41 Å². The number of rotatable bonds is 3. The molecular weight excluding hydrogens is 256 g/mol. The molecule has 19 heavy (non-hydrogen) atoms. The van der Waals surface area contributed by atoms with Gasteiger partial charge in [-0.3, -0.25) is 0 Å². The molecule has 1 fully saturated rings. The van der Waals surface area contributed by atoms with Gasteiger partial charge in [-0.15, -0.1) is 11.8 Å². The SMILES string of the molecule is Cc1c(NN)nc(C(C)(C)C)nc1SC1CCCC1. The lowest BCUT2D eigenvalue weighted by molar-refractivity contribution is 0.538. The topological polar surface area (TPSA) is 63.8 Å². The van der Waals surface area contributed by atoms with Crippen LogP contribution in [0.4, 0.5) is 5.82 Å². The lowest BCUT2D eigenvalue weighted by atomic mass is 9.95. The summed E-state index contributed by atoms with van der Waals surface area (Å²) < 4.78 is 0. The van der Waals surface area contributed by atoms with Gasteiger partial charge >= 0.3 is 0 Å². The van der Waals surface area contributed by atoms with Crippen molar-refractivity contribution in [2.75, 3.05) is 5.43 Å². The molecule has 0 bridgehead atoms. The van der Waals surface area contributed by atoms with Crippen LogP contribution in [0.3, 0.4) is 0 Å². The van der Waals surface area contributed by atoms with E-state index in [1.165, 1.54) is 25.7 Å². The van der Waals surface area contributed by atoms with Crippen molar-refractivity contribution < 1.29 is 0 Å². The van der Waals surface area contributed by atoms with Gasteiger partial charge in [0.25, 0.3) is 0 Å². The fourth-order valence-electron chi connectivity index (χ4n) is 2.25. The molecule has 5 heteroatoms. The summed E-state index contributed by atoms with van der Waals surface area (Å²) in [6, 6.07) is 0. The van der Waals surface area contributed by atoms with Gasteiger partial charge in [0.15, 0.2) is 0 Å². The van der Waals surface area contributed by atoms with E-state index >= 15 is 0 Å². The first kappa shape index (κ1) is 14.6. The number of aromatic nitrogens is 2. The Morgan fingerprint density at radius 2 is 1.84 bits per heavy atom. The van der Waals surface area contributed by atoms with Crippen LogP contribution >= 0.6 is 11.8 Å². The van der Waals surface area contributed by atoms with Crippen molar-refractivity contribution >= 4 is 17.6 Å². The smallest absolute Gasteiger partial charge is 0.147 e. The molecule has 1 aromatic rings. The van der Waals surface area contributed by atoms with Gasteiger partial charge in [-0.2, -0.15) is 0 Å². The zero-order valence-electron chi connectivity index (χ0n) is 12.3. The van der Waals surface area contributed by atoms with Crippen LogP contribution in [0, 0.1) is 6.92 Å². The van der Waals surface area contributed by atoms with E-state index in [0.29, 0.717) is 5.25 Å². The van der Waals surface area contributed by atoms with Crippen LogP contribution in [-0.4, -0.2) is 15.2 Å². The maximum Gasteiger partial charge on any atom is 0.147 e. The van der Waals surface area contributed by atoms with Crippen LogP contribution in [0.5, 0.6) is 0 Å². The second kappa shape index (κ2) is 5.67. The highest BCUT2D eigenvalue weighted by molar-refractivity contribution is 7.99. The molecule has 0 saturated heterocycles. The highest BCUT2D eigenvalue weighted by Gasteiger charge is 2.23. The van der Waals surface area contributed by atoms with Gasteiger partial charge in [0.05, 0.1) is 0 Å². The number of nitrogens with one attached hydrogen (secondary N) is 1. The molecule has 1 heterocycles. The minimum atomic E-state index is -0.0652. The standard InChI is InChI=1S/C14H24N4S/c1-9-11(18-15)16-13(14(2,3)4)17-12(9)19-10-7-5-6-8-10/h10H,5-8,15H2,1-4H3,(H,16,17,18). The number of nitrogens with zero attached hydrogens (tertiary/aromatic N) is 2. The summed E-state index contributed by atoms with van der Waals surface area (Å²) in [5.41, 5.74) is 3.71. The monoisotopic (exact) mass is 280 g/mol. The molecule has 0 aromatic carbocycles. The number of nitrogens with two attached hydrogens (primary N) is 1. The summed E-state index contributed by atoms with van der Waals surface area (Å²) >= 11 is 1.89. The summed E-state index contributed by atoms with van der Waals surface area (Å²) in [7, 11) is 0. The second-order valence-electron chi connectivity index (χ2n) is 6.24. The fraction of sp³-hybridized carbons (Fsp3) is 0.714. The number of hydrogen-bond acceptors (Lipinski definition) is 5. The third kappa shape index (κ3) is 3.39. The molecule has 0 unspecified atom stereocenters. The Morgan fingerprint density at radius 3 is 2.37 bits per heavy atom. The molecule has 2 rings (SSSR count). The number of hydrazine groups is 1. The zero-order valence-corrected chi connectivity index (χ0v) is 13.1. The van der Waals surface area contributed by atoms with Gasteiger partial charge in [0.1, 0.15) is 16.7 Å². The maximum absolute atomic E-state index is 5.59. The van der Waals surface area contributed by atoms with E-state index < -0.39 is 0 Å². The molecule has 1 aliphatic rings. The van der Waals surface area contributed by atoms with Gasteiger partial charge in [-0.1, -0.05) is 33.6 Å². The number of hydrogen-bond donors (Lipinski definition) is 2. The third-order valence-corrected chi connectivity index (χ3v) is 4.91. The van der Waals surface area contributed by atoms with Gasteiger partial charge in [-0.05, 0) is 19.8 Å². The zero-order chi connectivity index (χ0) is 14.0. The van der Waals surface area contributed by atoms with Gasteiger partial charge in [0, 0.05) is 16.2 Å². The van der Waals surface area contributed by atoms with Crippen molar-refractivity contribution in [2.45, 2.75) is 69.1 Å². The molecule has 0 radical (unpaired) electrons. The van der Waals surface area contributed by atoms with Crippen LogP contribution in [0.15, 0.2) is 5.03 Å². The van der Waals surface area contributed by atoms with Gasteiger partial charge in [-0.25, -0.2) is 15.8 Å².